The van der Waals surface area contributed by atoms with E-state index in [9.17, 15) is 4.79 Å². The minimum absolute atomic E-state index is 0.268. The van der Waals surface area contributed by atoms with Gasteiger partial charge >= 0.3 is 0 Å². The topological polar surface area (TPSA) is 73.6 Å². The lowest BCUT2D eigenvalue weighted by Gasteiger charge is -2.11. The fourth-order valence-corrected chi connectivity index (χ4v) is 4.02. The van der Waals surface area contributed by atoms with Gasteiger partial charge in [0, 0.05) is 10.9 Å². The molecule has 0 bridgehead atoms. The Labute approximate surface area is 176 Å². The Hall–Kier alpha value is -2.32. The molecule has 0 saturated heterocycles. The highest BCUT2D eigenvalue weighted by Gasteiger charge is 2.21. The maximum absolute atomic E-state index is 12.6. The van der Waals surface area contributed by atoms with Gasteiger partial charge in [0.1, 0.15) is 23.0 Å². The van der Waals surface area contributed by atoms with Crippen molar-refractivity contribution in [1.82, 2.24) is 4.98 Å². The first-order valence-electron chi connectivity index (χ1n) is 8.86. The summed E-state index contributed by atoms with van der Waals surface area (Å²) in [4.78, 5) is 17.2. The van der Waals surface area contributed by atoms with E-state index in [1.165, 1.54) is 11.3 Å². The van der Waals surface area contributed by atoms with Gasteiger partial charge in [-0.25, -0.2) is 4.98 Å². The first kappa shape index (κ1) is 20.4. The van der Waals surface area contributed by atoms with Crippen molar-refractivity contribution in [3.8, 4) is 22.8 Å². The Morgan fingerprint density at radius 2 is 1.96 bits per heavy atom. The van der Waals surface area contributed by atoms with E-state index in [0.717, 1.165) is 17.1 Å². The molecule has 0 spiro atoms. The summed E-state index contributed by atoms with van der Waals surface area (Å²) in [5, 5.41) is 5.22. The van der Waals surface area contributed by atoms with Crippen molar-refractivity contribution < 1.29 is 18.7 Å². The van der Waals surface area contributed by atoms with Gasteiger partial charge in [0.2, 0.25) is 0 Å². The summed E-state index contributed by atoms with van der Waals surface area (Å²) >= 11 is 4.75. The van der Waals surface area contributed by atoms with Gasteiger partial charge in [0.25, 0.3) is 5.91 Å². The van der Waals surface area contributed by atoms with E-state index in [1.807, 2.05) is 37.4 Å². The number of aryl methyl sites for hydroxylation is 2. The number of carbonyl (C=O) groups is 1. The molecule has 1 amide bonds. The number of nitrogens with zero attached hydrogens (tertiary/aromatic N) is 1. The van der Waals surface area contributed by atoms with Crippen LogP contribution < -0.4 is 14.8 Å². The van der Waals surface area contributed by atoms with Gasteiger partial charge in [-0.1, -0.05) is 0 Å². The standard InChI is InChI=1S/C20H21BrN2O4S/c1-5-25-13-7-8-16(26-6-2)14(9-13)15-10-28-20(22-15)23-19(24)17-11(3)27-12(4)18(17)21/h7-10H,5-6H2,1-4H3,(H,22,23,24). The Kier molecular flexibility index (Phi) is 6.41. The molecule has 0 aliphatic heterocycles. The summed E-state index contributed by atoms with van der Waals surface area (Å²) in [7, 11) is 0. The third-order valence-corrected chi connectivity index (χ3v) is 5.69. The molecule has 3 rings (SSSR count). The molecule has 148 valence electrons. The number of furan rings is 1. The molecule has 0 radical (unpaired) electrons. The Morgan fingerprint density at radius 1 is 1.21 bits per heavy atom. The third-order valence-electron chi connectivity index (χ3n) is 3.98. The minimum Gasteiger partial charge on any atom is -0.494 e. The number of halogens is 1. The number of carbonyl (C=O) groups excluding carboxylic acids is 1. The van der Waals surface area contributed by atoms with Crippen LogP contribution in [0, 0.1) is 13.8 Å². The molecule has 0 unspecified atom stereocenters. The number of hydrogen-bond donors (Lipinski definition) is 1. The van der Waals surface area contributed by atoms with Gasteiger partial charge in [-0.05, 0) is 61.8 Å². The molecule has 1 aromatic carbocycles. The zero-order valence-corrected chi connectivity index (χ0v) is 18.5. The molecular formula is C20H21BrN2O4S. The number of aromatic nitrogens is 1. The fraction of sp³-hybridized carbons (Fsp3) is 0.300. The van der Waals surface area contributed by atoms with Crippen molar-refractivity contribution in [2.75, 3.05) is 18.5 Å². The molecule has 28 heavy (non-hydrogen) atoms. The number of anilines is 1. The van der Waals surface area contributed by atoms with E-state index >= 15 is 0 Å². The smallest absolute Gasteiger partial charge is 0.262 e. The summed E-state index contributed by atoms with van der Waals surface area (Å²) < 4.78 is 17.5. The summed E-state index contributed by atoms with van der Waals surface area (Å²) in [6.45, 7) is 8.54. The second-order valence-electron chi connectivity index (χ2n) is 5.92. The molecule has 0 saturated carbocycles. The number of thiazole rings is 1. The van der Waals surface area contributed by atoms with Crippen LogP contribution in [0.3, 0.4) is 0 Å². The van der Waals surface area contributed by atoms with Gasteiger partial charge in [0.15, 0.2) is 5.13 Å². The van der Waals surface area contributed by atoms with Gasteiger partial charge in [-0.15, -0.1) is 11.3 Å². The SMILES string of the molecule is CCOc1ccc(OCC)c(-c2csc(NC(=O)c3c(C)oc(C)c3Br)n2)c1. The van der Waals surface area contributed by atoms with Crippen molar-refractivity contribution in [3.05, 3.63) is 45.1 Å². The number of rotatable bonds is 7. The molecule has 0 aliphatic rings. The lowest BCUT2D eigenvalue weighted by molar-refractivity contribution is 0.102. The Morgan fingerprint density at radius 3 is 2.61 bits per heavy atom. The van der Waals surface area contributed by atoms with Crippen LogP contribution in [0.25, 0.3) is 11.3 Å². The molecule has 6 nitrogen and oxygen atoms in total. The van der Waals surface area contributed by atoms with E-state index in [-0.39, 0.29) is 5.91 Å². The van der Waals surface area contributed by atoms with E-state index in [0.29, 0.717) is 45.6 Å². The molecule has 8 heteroatoms. The van der Waals surface area contributed by atoms with Crippen LogP contribution in [0.15, 0.2) is 32.5 Å². The lowest BCUT2D eigenvalue weighted by Crippen LogP contribution is -2.12. The molecule has 2 heterocycles. The van der Waals surface area contributed by atoms with Crippen LogP contribution >= 0.6 is 27.3 Å². The Balaban J connectivity index is 1.87. The second-order valence-corrected chi connectivity index (χ2v) is 7.57. The van der Waals surface area contributed by atoms with Crippen LogP contribution in [0.1, 0.15) is 35.7 Å². The fourth-order valence-electron chi connectivity index (χ4n) is 2.78. The van der Waals surface area contributed by atoms with Crippen LogP contribution in [-0.4, -0.2) is 24.1 Å². The van der Waals surface area contributed by atoms with Crippen LogP contribution in [0.5, 0.6) is 11.5 Å². The van der Waals surface area contributed by atoms with Crippen molar-refractivity contribution in [2.45, 2.75) is 27.7 Å². The summed E-state index contributed by atoms with van der Waals surface area (Å²) in [6, 6.07) is 5.64. The highest BCUT2D eigenvalue weighted by molar-refractivity contribution is 9.10. The molecule has 3 aromatic rings. The van der Waals surface area contributed by atoms with Gasteiger partial charge in [-0.3, -0.25) is 10.1 Å². The first-order valence-corrected chi connectivity index (χ1v) is 10.5. The number of ether oxygens (including phenoxy) is 2. The van der Waals surface area contributed by atoms with Crippen molar-refractivity contribution in [1.29, 1.82) is 0 Å². The average molecular weight is 465 g/mol. The largest absolute Gasteiger partial charge is 0.494 e. The monoisotopic (exact) mass is 464 g/mol. The molecule has 1 N–H and O–H groups in total. The zero-order chi connectivity index (χ0) is 20.3. The van der Waals surface area contributed by atoms with Crippen LogP contribution in [0.4, 0.5) is 5.13 Å². The number of amides is 1. The summed E-state index contributed by atoms with van der Waals surface area (Å²) in [5.74, 6) is 2.42. The predicted octanol–water partition coefficient (Wildman–Crippen LogP) is 5.83. The van der Waals surface area contributed by atoms with Crippen molar-refractivity contribution in [2.24, 2.45) is 0 Å². The zero-order valence-electron chi connectivity index (χ0n) is 16.1. The summed E-state index contributed by atoms with van der Waals surface area (Å²) in [6.07, 6.45) is 0. The van der Waals surface area contributed by atoms with Gasteiger partial charge in [-0.2, -0.15) is 0 Å². The van der Waals surface area contributed by atoms with Gasteiger partial charge < -0.3 is 13.9 Å². The highest BCUT2D eigenvalue weighted by Crippen LogP contribution is 2.36. The molecule has 2 aromatic heterocycles. The van der Waals surface area contributed by atoms with Crippen molar-refractivity contribution in [3.63, 3.8) is 0 Å². The van der Waals surface area contributed by atoms with E-state index < -0.39 is 0 Å². The molecule has 0 atom stereocenters. The second kappa shape index (κ2) is 8.79. The van der Waals surface area contributed by atoms with Crippen molar-refractivity contribution >= 4 is 38.3 Å². The van der Waals surface area contributed by atoms with E-state index in [2.05, 4.69) is 26.2 Å². The first-order chi connectivity index (χ1) is 13.4. The average Bonchev–Trinajstić information content (AvgIpc) is 3.21. The number of hydrogen-bond acceptors (Lipinski definition) is 6. The maximum Gasteiger partial charge on any atom is 0.262 e. The van der Waals surface area contributed by atoms with E-state index in [4.69, 9.17) is 13.9 Å². The van der Waals surface area contributed by atoms with Gasteiger partial charge in [0.05, 0.1) is 28.9 Å². The molecule has 0 aliphatic carbocycles. The number of nitrogens with one attached hydrogen (secondary N) is 1. The van der Waals surface area contributed by atoms with Crippen LogP contribution in [0.2, 0.25) is 0 Å². The van der Waals surface area contributed by atoms with E-state index in [1.54, 1.807) is 13.8 Å². The molecule has 0 fully saturated rings. The number of benzene rings is 1. The lowest BCUT2D eigenvalue weighted by atomic mass is 10.1. The van der Waals surface area contributed by atoms with Crippen LogP contribution in [-0.2, 0) is 0 Å². The normalized spacial score (nSPS) is 10.8. The molecular weight excluding hydrogens is 444 g/mol. The maximum atomic E-state index is 12.6. The minimum atomic E-state index is -0.268. The quantitative estimate of drug-likeness (QED) is 0.475. The predicted molar refractivity (Wildman–Crippen MR) is 114 cm³/mol. The summed E-state index contributed by atoms with van der Waals surface area (Å²) in [5.41, 5.74) is 2.01. The highest BCUT2D eigenvalue weighted by atomic mass is 79.9. The third kappa shape index (κ3) is 4.23. The Bertz CT molecular complexity index is 996.